The first-order valence-corrected chi connectivity index (χ1v) is 30.2. The molecule has 2 saturated carbocycles. The van der Waals surface area contributed by atoms with Crippen LogP contribution in [0.2, 0.25) is 5.15 Å². The summed E-state index contributed by atoms with van der Waals surface area (Å²) in [6.07, 6.45) is 14.2. The molecule has 14 rings (SSSR count). The minimum atomic E-state index is -0.621. The molecular formula is C68H73ClN10O6. The third-order valence-corrected chi connectivity index (χ3v) is 17.9. The van der Waals surface area contributed by atoms with Crippen LogP contribution in [-0.2, 0) is 51.3 Å². The van der Waals surface area contributed by atoms with Crippen LogP contribution in [0.25, 0.3) is 43.9 Å². The van der Waals surface area contributed by atoms with Gasteiger partial charge in [-0.1, -0.05) is 67.1 Å². The average Bonchev–Trinajstić information content (AvgIpc) is 3.84. The molecule has 2 saturated heterocycles. The number of aryl methyl sites for hydroxylation is 3. The van der Waals surface area contributed by atoms with E-state index < -0.39 is 11.6 Å². The summed E-state index contributed by atoms with van der Waals surface area (Å²) in [4.78, 5) is 27.7. The summed E-state index contributed by atoms with van der Waals surface area (Å²) >= 11 is 6.35. The Hall–Kier alpha value is -7.73. The van der Waals surface area contributed by atoms with Crippen molar-refractivity contribution in [1.82, 2.24) is 39.0 Å². The molecule has 6 aromatic heterocycles. The zero-order valence-electron chi connectivity index (χ0n) is 49.2. The van der Waals surface area contributed by atoms with Crippen LogP contribution in [0.1, 0.15) is 100 Å². The van der Waals surface area contributed by atoms with E-state index in [0.29, 0.717) is 30.1 Å². The average molecular weight is 1160 g/mol. The molecule has 0 spiro atoms. The van der Waals surface area contributed by atoms with Gasteiger partial charge < -0.3 is 48.2 Å². The molecule has 8 heterocycles. The van der Waals surface area contributed by atoms with E-state index in [1.807, 2.05) is 70.2 Å². The van der Waals surface area contributed by atoms with Crippen LogP contribution in [0, 0.1) is 11.8 Å². The number of rotatable bonds is 17. The van der Waals surface area contributed by atoms with Crippen molar-refractivity contribution >= 4 is 67.1 Å². The first-order chi connectivity index (χ1) is 41.3. The Morgan fingerprint density at radius 3 is 1.45 bits per heavy atom. The smallest absolute Gasteiger partial charge is 0.163 e. The lowest BCUT2D eigenvalue weighted by molar-refractivity contribution is -0.160. The van der Waals surface area contributed by atoms with Gasteiger partial charge in [-0.25, -0.2) is 29.9 Å². The van der Waals surface area contributed by atoms with Crippen LogP contribution in [0.4, 0.5) is 11.6 Å². The number of benzene rings is 4. The standard InChI is InChI=1S/C35H39N5O3.C33H34ClN5O3/c1-5-28-27-16-17-40(34(27)38-21-37-28)30-19-25(32-33(30)43-35(2,3)42-32)11-7-22-6-10-24-12-15-31(39-29(24)18-22)36-20-23-8-13-26(41-4)14-9-23;1-33(2)41-29-23(17-27(30(29)42-33)39-15-14-25-31(34)36-19-37-32(25)39)9-5-20-4-8-22-10-13-28(38-26(22)16-20)35-18-21-6-11-24(40-3)12-7-21/h6,8-10,12-18,21,25,30,32-33H,5,7,11,19-20H2,1-4H3,(H,36,39);4,6-8,10-16,19,23,27,29-30H,5,9,17-18H2,1-3H3,(H,35,38)/t25-,30+,32+,33-;23-,27+,29+,30-/m00/s1. The molecule has 17 heteroatoms. The maximum absolute atomic E-state index is 6.53. The van der Waals surface area contributed by atoms with E-state index in [1.54, 1.807) is 20.5 Å². The summed E-state index contributed by atoms with van der Waals surface area (Å²) in [5.41, 5.74) is 9.82. The number of nitrogens with zero attached hydrogens (tertiary/aromatic N) is 8. The maximum Gasteiger partial charge on any atom is 0.163 e. The highest BCUT2D eigenvalue weighted by molar-refractivity contribution is 6.33. The number of fused-ring (bicyclic) bond motifs is 6. The Bertz CT molecular complexity index is 4000. The van der Waals surface area contributed by atoms with E-state index in [1.165, 1.54) is 28.6 Å². The highest BCUT2D eigenvalue weighted by Gasteiger charge is 2.55. The van der Waals surface area contributed by atoms with E-state index in [0.717, 1.165) is 118 Å². The van der Waals surface area contributed by atoms with Gasteiger partial charge in [0.25, 0.3) is 0 Å². The van der Waals surface area contributed by atoms with Crippen LogP contribution in [0.15, 0.2) is 146 Å². The Kier molecular flexibility index (Phi) is 15.7. The lowest BCUT2D eigenvalue weighted by Crippen LogP contribution is -2.27. The van der Waals surface area contributed by atoms with E-state index >= 15 is 0 Å². The van der Waals surface area contributed by atoms with Crippen molar-refractivity contribution in [3.8, 4) is 11.5 Å². The number of aromatic nitrogens is 8. The molecule has 2 aliphatic heterocycles. The second-order valence-electron chi connectivity index (χ2n) is 23.9. The molecule has 438 valence electrons. The van der Waals surface area contributed by atoms with Crippen molar-refractivity contribution in [3.05, 3.63) is 179 Å². The van der Waals surface area contributed by atoms with Crippen molar-refractivity contribution in [2.75, 3.05) is 24.9 Å². The van der Waals surface area contributed by atoms with Crippen molar-refractivity contribution in [1.29, 1.82) is 0 Å². The Labute approximate surface area is 500 Å². The molecule has 10 aromatic rings. The molecule has 2 aliphatic carbocycles. The number of hydrogen-bond donors (Lipinski definition) is 2. The van der Waals surface area contributed by atoms with Gasteiger partial charge in [0.1, 0.15) is 64.4 Å². The largest absolute Gasteiger partial charge is 0.497 e. The molecule has 8 atom stereocenters. The molecule has 4 aromatic carbocycles. The Morgan fingerprint density at radius 2 is 0.965 bits per heavy atom. The zero-order chi connectivity index (χ0) is 58.4. The van der Waals surface area contributed by atoms with Gasteiger partial charge >= 0.3 is 0 Å². The summed E-state index contributed by atoms with van der Waals surface area (Å²) in [6.45, 7) is 11.6. The fourth-order valence-corrected chi connectivity index (χ4v) is 13.6. The quantitative estimate of drug-likeness (QED) is 0.0827. The van der Waals surface area contributed by atoms with Crippen LogP contribution < -0.4 is 20.1 Å². The monoisotopic (exact) mass is 1160 g/mol. The number of ether oxygens (including phenoxy) is 6. The van der Waals surface area contributed by atoms with Crippen LogP contribution >= 0.6 is 11.6 Å². The molecular weight excluding hydrogens is 1090 g/mol. The van der Waals surface area contributed by atoms with E-state index in [4.69, 9.17) is 50.0 Å². The van der Waals surface area contributed by atoms with Gasteiger partial charge in [-0.2, -0.15) is 0 Å². The Balaban J connectivity index is 0.000000158. The number of pyridine rings is 2. The van der Waals surface area contributed by atoms with Crippen LogP contribution in [-0.4, -0.2) is 89.2 Å². The van der Waals surface area contributed by atoms with Crippen molar-refractivity contribution in [3.63, 3.8) is 0 Å². The second kappa shape index (κ2) is 23.6. The molecule has 2 N–H and O–H groups in total. The predicted octanol–water partition coefficient (Wildman–Crippen LogP) is 13.8. The highest BCUT2D eigenvalue weighted by Crippen LogP contribution is 2.51. The predicted molar refractivity (Wildman–Crippen MR) is 332 cm³/mol. The summed E-state index contributed by atoms with van der Waals surface area (Å²) in [6, 6.07) is 42.2. The molecule has 0 bridgehead atoms. The van der Waals surface area contributed by atoms with Crippen LogP contribution in [0.5, 0.6) is 11.5 Å². The topological polar surface area (TPSA) is 167 Å². The molecule has 16 nitrogen and oxygen atoms in total. The minimum absolute atomic E-state index is 0.00625. The summed E-state index contributed by atoms with van der Waals surface area (Å²) < 4.78 is 41.0. The molecule has 4 aliphatic rings. The number of nitrogens with one attached hydrogen (secondary N) is 2. The van der Waals surface area contributed by atoms with Gasteiger partial charge in [-0.3, -0.25) is 0 Å². The first-order valence-electron chi connectivity index (χ1n) is 29.8. The van der Waals surface area contributed by atoms with Gasteiger partial charge in [0.15, 0.2) is 11.6 Å². The van der Waals surface area contributed by atoms with Gasteiger partial charge in [0.2, 0.25) is 0 Å². The SMILES string of the molecule is CCc1ncnc2c1ccn2[C@@H]1C[C@H](CCc2ccc3ccc(NCc4ccc(OC)cc4)nc3c2)[C@H]2OC(C)(C)O[C@H]21.COc1ccc(CNc2ccc3ccc(CC[C@H]4C[C@@H](n5ccc6c(Cl)ncnc65)[C@@H]5OC(C)(C)O[C@H]45)cc3n2)cc1. The fourth-order valence-electron chi connectivity index (χ4n) is 13.4. The lowest BCUT2D eigenvalue weighted by Gasteiger charge is -2.24. The van der Waals surface area contributed by atoms with Gasteiger partial charge in [-0.15, -0.1) is 0 Å². The maximum atomic E-state index is 6.53. The molecule has 85 heavy (non-hydrogen) atoms. The first kappa shape index (κ1) is 56.4. The summed E-state index contributed by atoms with van der Waals surface area (Å²) in [7, 11) is 3.36. The molecule has 0 amide bonds. The Morgan fingerprint density at radius 1 is 0.529 bits per heavy atom. The minimum Gasteiger partial charge on any atom is -0.497 e. The van der Waals surface area contributed by atoms with E-state index in [9.17, 15) is 0 Å². The fraction of sp³-hybridized carbons (Fsp3) is 0.382. The molecule has 4 fully saturated rings. The van der Waals surface area contributed by atoms with Crippen LogP contribution in [0.3, 0.4) is 0 Å². The summed E-state index contributed by atoms with van der Waals surface area (Å²) in [5, 5.41) is 11.6. The lowest BCUT2D eigenvalue weighted by atomic mass is 9.95. The zero-order valence-corrected chi connectivity index (χ0v) is 50.0. The third kappa shape index (κ3) is 11.9. The van der Waals surface area contributed by atoms with E-state index in [-0.39, 0.29) is 36.5 Å². The summed E-state index contributed by atoms with van der Waals surface area (Å²) in [5.74, 6) is 2.95. The van der Waals surface area contributed by atoms with Gasteiger partial charge in [0, 0.05) is 41.6 Å². The number of halogens is 1. The van der Waals surface area contributed by atoms with Crippen molar-refractivity contribution in [2.24, 2.45) is 11.8 Å². The number of anilines is 2. The van der Waals surface area contributed by atoms with Gasteiger partial charge in [0.05, 0.1) is 60.6 Å². The second-order valence-corrected chi connectivity index (χ2v) is 24.3. The van der Waals surface area contributed by atoms with Gasteiger partial charge in [-0.05, 0) is 180 Å². The normalized spacial score (nSPS) is 22.8. The molecule has 0 radical (unpaired) electrons. The van der Waals surface area contributed by atoms with Crippen molar-refractivity contribution in [2.45, 2.75) is 141 Å². The third-order valence-electron chi connectivity index (χ3n) is 17.6. The van der Waals surface area contributed by atoms with E-state index in [2.05, 4.69) is 138 Å². The number of hydrogen-bond acceptors (Lipinski definition) is 14. The molecule has 0 unspecified atom stereocenters. The van der Waals surface area contributed by atoms with Crippen molar-refractivity contribution < 1.29 is 28.4 Å². The number of methoxy groups -OCH3 is 2. The highest BCUT2D eigenvalue weighted by atomic mass is 35.5.